The van der Waals surface area contributed by atoms with Gasteiger partial charge in [-0.25, -0.2) is 9.67 Å². The third-order valence-electron chi connectivity index (χ3n) is 4.34. The van der Waals surface area contributed by atoms with Crippen molar-refractivity contribution in [3.63, 3.8) is 0 Å². The van der Waals surface area contributed by atoms with E-state index in [0.29, 0.717) is 4.88 Å². The highest BCUT2D eigenvalue weighted by Gasteiger charge is 2.17. The molecule has 0 spiro atoms. The van der Waals surface area contributed by atoms with Crippen molar-refractivity contribution in [1.82, 2.24) is 29.9 Å². The fourth-order valence-corrected chi connectivity index (χ4v) is 3.95. The van der Waals surface area contributed by atoms with Gasteiger partial charge in [0.2, 0.25) is 0 Å². The van der Waals surface area contributed by atoms with E-state index in [0.717, 1.165) is 27.2 Å². The van der Waals surface area contributed by atoms with Crippen LogP contribution in [0.15, 0.2) is 43.0 Å². The van der Waals surface area contributed by atoms with Crippen LogP contribution in [0.1, 0.15) is 33.9 Å². The Kier molecular flexibility index (Phi) is 4.04. The van der Waals surface area contributed by atoms with Crippen LogP contribution in [-0.2, 0) is 7.05 Å². The molecule has 132 valence electrons. The molecule has 7 nitrogen and oxygen atoms in total. The van der Waals surface area contributed by atoms with E-state index < -0.39 is 0 Å². The predicted molar refractivity (Wildman–Crippen MR) is 101 cm³/mol. The Morgan fingerprint density at radius 2 is 2.04 bits per heavy atom. The molecule has 0 bridgehead atoms. The summed E-state index contributed by atoms with van der Waals surface area (Å²) in [7, 11) is 1.90. The first-order valence-electron chi connectivity index (χ1n) is 8.22. The number of aromatic nitrogens is 5. The van der Waals surface area contributed by atoms with E-state index in [4.69, 9.17) is 0 Å². The first kappa shape index (κ1) is 16.5. The quantitative estimate of drug-likeness (QED) is 0.602. The molecule has 4 aromatic rings. The number of amides is 1. The number of thiophene rings is 1. The summed E-state index contributed by atoms with van der Waals surface area (Å²) < 4.78 is 3.51. The lowest BCUT2D eigenvalue weighted by atomic mass is 10.1. The summed E-state index contributed by atoms with van der Waals surface area (Å²) in [5, 5.41) is 12.6. The summed E-state index contributed by atoms with van der Waals surface area (Å²) in [6, 6.07) is 9.71. The average molecular weight is 366 g/mol. The molecule has 1 aromatic carbocycles. The van der Waals surface area contributed by atoms with Gasteiger partial charge in [-0.15, -0.1) is 11.3 Å². The van der Waals surface area contributed by atoms with E-state index >= 15 is 0 Å². The largest absolute Gasteiger partial charge is 0.345 e. The highest BCUT2D eigenvalue weighted by molar-refractivity contribution is 7.20. The molecule has 0 saturated carbocycles. The van der Waals surface area contributed by atoms with Gasteiger partial charge in [-0.2, -0.15) is 10.2 Å². The number of rotatable bonds is 4. The Labute approximate surface area is 154 Å². The number of aryl methyl sites for hydroxylation is 2. The van der Waals surface area contributed by atoms with Crippen molar-refractivity contribution in [2.24, 2.45) is 7.05 Å². The highest BCUT2D eigenvalue weighted by atomic mass is 32.1. The molecule has 0 aliphatic rings. The van der Waals surface area contributed by atoms with Gasteiger partial charge in [-0.05, 0) is 37.6 Å². The fraction of sp³-hybridized carbons (Fsp3) is 0.222. The molecular weight excluding hydrogens is 348 g/mol. The topological polar surface area (TPSA) is 77.6 Å². The third-order valence-corrected chi connectivity index (χ3v) is 5.54. The second-order valence-corrected chi connectivity index (χ2v) is 7.20. The Bertz CT molecular complexity index is 1030. The second kappa shape index (κ2) is 6.38. The molecule has 1 amide bonds. The van der Waals surface area contributed by atoms with Gasteiger partial charge < -0.3 is 5.32 Å². The summed E-state index contributed by atoms with van der Waals surface area (Å²) >= 11 is 1.46. The summed E-state index contributed by atoms with van der Waals surface area (Å²) in [6.07, 6.45) is 3.15. The standard InChI is InChI=1S/C18H18N6OS/c1-11(13-4-6-14(7-5-13)24-10-19-9-20-24)21-17(25)16-8-15-12(2)22-23(3)18(15)26-16/h4-11H,1-3H3,(H,21,25). The van der Waals surface area contributed by atoms with E-state index in [1.54, 1.807) is 11.0 Å². The van der Waals surface area contributed by atoms with Crippen molar-refractivity contribution >= 4 is 27.5 Å². The Hall–Kier alpha value is -3.00. The van der Waals surface area contributed by atoms with E-state index in [2.05, 4.69) is 20.5 Å². The average Bonchev–Trinajstić information content (AvgIpc) is 3.35. The number of carbonyl (C=O) groups excluding carboxylic acids is 1. The van der Waals surface area contributed by atoms with Gasteiger partial charge in [0.1, 0.15) is 17.5 Å². The zero-order valence-electron chi connectivity index (χ0n) is 14.7. The van der Waals surface area contributed by atoms with Gasteiger partial charge in [-0.3, -0.25) is 9.48 Å². The van der Waals surface area contributed by atoms with E-state index in [1.165, 1.54) is 17.7 Å². The normalized spacial score (nSPS) is 12.4. The predicted octanol–water partition coefficient (Wildman–Crippen LogP) is 3.01. The maximum absolute atomic E-state index is 12.6. The van der Waals surface area contributed by atoms with E-state index in [-0.39, 0.29) is 11.9 Å². The number of benzene rings is 1. The third kappa shape index (κ3) is 2.88. The van der Waals surface area contributed by atoms with Crippen LogP contribution in [-0.4, -0.2) is 30.5 Å². The number of hydrogen-bond acceptors (Lipinski definition) is 5. The minimum absolute atomic E-state index is 0.0709. The summed E-state index contributed by atoms with van der Waals surface area (Å²) in [5.41, 5.74) is 2.90. The lowest BCUT2D eigenvalue weighted by Crippen LogP contribution is -2.25. The van der Waals surface area contributed by atoms with Crippen molar-refractivity contribution in [2.75, 3.05) is 0 Å². The number of nitrogens with zero attached hydrogens (tertiary/aromatic N) is 5. The number of hydrogen-bond donors (Lipinski definition) is 1. The fourth-order valence-electron chi connectivity index (χ4n) is 2.93. The minimum atomic E-state index is -0.100. The van der Waals surface area contributed by atoms with Crippen LogP contribution in [0.2, 0.25) is 0 Å². The second-order valence-electron chi connectivity index (χ2n) is 6.17. The zero-order valence-corrected chi connectivity index (χ0v) is 15.5. The molecule has 0 radical (unpaired) electrons. The van der Waals surface area contributed by atoms with Gasteiger partial charge in [0.05, 0.1) is 22.3 Å². The van der Waals surface area contributed by atoms with Crippen LogP contribution in [0.5, 0.6) is 0 Å². The van der Waals surface area contributed by atoms with Gasteiger partial charge in [0.25, 0.3) is 5.91 Å². The van der Waals surface area contributed by atoms with Crippen LogP contribution in [0.3, 0.4) is 0 Å². The molecule has 0 fully saturated rings. The van der Waals surface area contributed by atoms with Gasteiger partial charge in [0.15, 0.2) is 0 Å². The van der Waals surface area contributed by atoms with Crippen LogP contribution >= 0.6 is 11.3 Å². The Morgan fingerprint density at radius 1 is 1.27 bits per heavy atom. The zero-order chi connectivity index (χ0) is 18.3. The number of nitrogens with one attached hydrogen (secondary N) is 1. The maximum Gasteiger partial charge on any atom is 0.261 e. The van der Waals surface area contributed by atoms with Gasteiger partial charge >= 0.3 is 0 Å². The molecule has 0 aliphatic carbocycles. The molecule has 3 heterocycles. The lowest BCUT2D eigenvalue weighted by Gasteiger charge is -2.14. The number of fused-ring (bicyclic) bond motifs is 1. The van der Waals surface area contributed by atoms with Crippen LogP contribution in [0, 0.1) is 6.92 Å². The van der Waals surface area contributed by atoms with Gasteiger partial charge in [0, 0.05) is 12.4 Å². The lowest BCUT2D eigenvalue weighted by molar-refractivity contribution is 0.0944. The molecule has 0 aliphatic heterocycles. The molecule has 0 saturated heterocycles. The van der Waals surface area contributed by atoms with Crippen LogP contribution in [0.25, 0.3) is 15.9 Å². The molecule has 1 unspecified atom stereocenters. The van der Waals surface area contributed by atoms with Crippen molar-refractivity contribution in [3.05, 3.63) is 59.1 Å². The smallest absolute Gasteiger partial charge is 0.261 e. The first-order valence-corrected chi connectivity index (χ1v) is 9.03. The maximum atomic E-state index is 12.6. The van der Waals surface area contributed by atoms with Crippen LogP contribution < -0.4 is 5.32 Å². The van der Waals surface area contributed by atoms with Crippen LogP contribution in [0.4, 0.5) is 0 Å². The summed E-state index contributed by atoms with van der Waals surface area (Å²) in [6.45, 7) is 3.93. The SMILES string of the molecule is Cc1nn(C)c2sc(C(=O)NC(C)c3ccc(-n4cncn4)cc3)cc12. The van der Waals surface area contributed by atoms with E-state index in [1.807, 2.05) is 55.9 Å². The minimum Gasteiger partial charge on any atom is -0.345 e. The van der Waals surface area contributed by atoms with Crippen molar-refractivity contribution < 1.29 is 4.79 Å². The molecule has 8 heteroatoms. The monoisotopic (exact) mass is 366 g/mol. The van der Waals surface area contributed by atoms with Gasteiger partial charge in [-0.1, -0.05) is 12.1 Å². The molecule has 1 N–H and O–H groups in total. The van der Waals surface area contributed by atoms with Crippen molar-refractivity contribution in [2.45, 2.75) is 19.9 Å². The molecule has 1 atom stereocenters. The van der Waals surface area contributed by atoms with Crippen molar-refractivity contribution in [1.29, 1.82) is 0 Å². The van der Waals surface area contributed by atoms with E-state index in [9.17, 15) is 4.79 Å². The molecule has 26 heavy (non-hydrogen) atoms. The first-order chi connectivity index (χ1) is 12.5. The van der Waals surface area contributed by atoms with Crippen molar-refractivity contribution in [3.8, 4) is 5.69 Å². The number of carbonyl (C=O) groups is 1. The summed E-state index contributed by atoms with van der Waals surface area (Å²) in [4.78, 5) is 18.3. The molecule has 4 rings (SSSR count). The molecular formula is C18H18N6OS. The Morgan fingerprint density at radius 3 is 2.69 bits per heavy atom. The Balaban J connectivity index is 1.50. The summed E-state index contributed by atoms with van der Waals surface area (Å²) in [5.74, 6) is -0.0709. The highest BCUT2D eigenvalue weighted by Crippen LogP contribution is 2.28. The molecule has 3 aromatic heterocycles.